The van der Waals surface area contributed by atoms with Crippen molar-refractivity contribution in [3.8, 4) is 0 Å². The van der Waals surface area contributed by atoms with Gasteiger partial charge in [-0.05, 0) is 121 Å². The lowest BCUT2D eigenvalue weighted by molar-refractivity contribution is -0.153. The molecular formula is C46H68O5Si. The lowest BCUT2D eigenvalue weighted by Crippen LogP contribution is -2.68. The Morgan fingerprint density at radius 1 is 0.904 bits per heavy atom. The van der Waals surface area contributed by atoms with Crippen LogP contribution in [-0.4, -0.2) is 47.0 Å². The summed E-state index contributed by atoms with van der Waals surface area (Å²) in [5.41, 5.74) is 2.21. The summed E-state index contributed by atoms with van der Waals surface area (Å²) in [5, 5.41) is 2.74. The second kappa shape index (κ2) is 15.8. The topological polar surface area (TPSA) is 54.0 Å². The van der Waals surface area contributed by atoms with Gasteiger partial charge in [0.2, 0.25) is 0 Å². The molecule has 2 aromatic rings. The fourth-order valence-electron chi connectivity index (χ4n) is 12.2. The molecule has 0 unspecified atom stereocenters. The maximum absolute atomic E-state index is 12.6. The van der Waals surface area contributed by atoms with Gasteiger partial charge in [0.05, 0.1) is 18.6 Å². The number of ether oxygens (including phenoxy) is 3. The van der Waals surface area contributed by atoms with Crippen molar-refractivity contribution in [1.29, 1.82) is 0 Å². The molecule has 5 nitrogen and oxygen atoms in total. The van der Waals surface area contributed by atoms with Crippen LogP contribution in [0.25, 0.3) is 0 Å². The third kappa shape index (κ3) is 7.16. The maximum Gasteiger partial charge on any atom is 0.308 e. The second-order valence-electron chi connectivity index (χ2n) is 18.5. The average molecular weight is 729 g/mol. The van der Waals surface area contributed by atoms with Crippen LogP contribution in [0.1, 0.15) is 113 Å². The second-order valence-corrected chi connectivity index (χ2v) is 22.7. The smallest absolute Gasteiger partial charge is 0.308 e. The number of rotatable bonds is 13. The third-order valence-electron chi connectivity index (χ3n) is 14.8. The zero-order valence-corrected chi connectivity index (χ0v) is 34.8. The van der Waals surface area contributed by atoms with Gasteiger partial charge in [0.1, 0.15) is 6.79 Å². The molecule has 0 bridgehead atoms. The molecule has 286 valence electrons. The van der Waals surface area contributed by atoms with Gasteiger partial charge in [0.25, 0.3) is 8.32 Å². The van der Waals surface area contributed by atoms with E-state index in [1.807, 2.05) is 13.8 Å². The van der Waals surface area contributed by atoms with Crippen LogP contribution in [0.4, 0.5) is 0 Å². The molecule has 4 aliphatic carbocycles. The lowest BCUT2D eigenvalue weighted by Gasteiger charge is -2.59. The van der Waals surface area contributed by atoms with E-state index in [-0.39, 0.29) is 46.8 Å². The molecular weight excluding hydrogens is 661 g/mol. The summed E-state index contributed by atoms with van der Waals surface area (Å²) in [4.78, 5) is 12.6. The molecule has 0 aliphatic heterocycles. The van der Waals surface area contributed by atoms with E-state index >= 15 is 0 Å². The number of carbonyl (C=O) groups is 1. The monoisotopic (exact) mass is 728 g/mol. The highest BCUT2D eigenvalue weighted by Crippen LogP contribution is 2.67. The largest absolute Gasteiger partial charge is 0.466 e. The van der Waals surface area contributed by atoms with Gasteiger partial charge in [0, 0.05) is 13.2 Å². The molecule has 10 atom stereocenters. The van der Waals surface area contributed by atoms with Crippen LogP contribution >= 0.6 is 0 Å². The fraction of sp³-hybridized carbons (Fsp3) is 0.674. The SMILES string of the molecule is CCOC(=O)[C@H](C)C[C@H](OCOC)[C@@H](C)[C@H]1CC[C@H]2[C@@H]3CC=C4C[C@@H](O[Si](c5ccccc5)(c5ccccc5)C(C)(C)C)CC[C@]4(C)[C@H]3CC[C@]12C. The molecule has 0 spiro atoms. The van der Waals surface area contributed by atoms with Crippen molar-refractivity contribution in [2.45, 2.75) is 130 Å². The number of hydrogen-bond donors (Lipinski definition) is 0. The Hall–Kier alpha value is -2.25. The Morgan fingerprint density at radius 3 is 2.15 bits per heavy atom. The van der Waals surface area contributed by atoms with Gasteiger partial charge in [-0.1, -0.05) is 121 Å². The molecule has 0 amide bonds. The van der Waals surface area contributed by atoms with Crippen molar-refractivity contribution < 1.29 is 23.4 Å². The number of benzene rings is 2. The molecule has 0 saturated heterocycles. The first kappa shape index (κ1) is 39.4. The van der Waals surface area contributed by atoms with Crippen molar-refractivity contribution in [2.24, 2.45) is 46.3 Å². The predicted octanol–water partition coefficient (Wildman–Crippen LogP) is 9.73. The molecule has 6 heteroatoms. The van der Waals surface area contributed by atoms with Crippen LogP contribution in [0.3, 0.4) is 0 Å². The summed E-state index contributed by atoms with van der Waals surface area (Å²) in [6.07, 6.45) is 13.3. The Labute approximate surface area is 316 Å². The van der Waals surface area contributed by atoms with Crippen LogP contribution in [0, 0.1) is 46.3 Å². The molecule has 0 radical (unpaired) electrons. The lowest BCUT2D eigenvalue weighted by atomic mass is 9.47. The van der Waals surface area contributed by atoms with Crippen molar-refractivity contribution in [2.75, 3.05) is 20.5 Å². The minimum absolute atomic E-state index is 0.0169. The minimum atomic E-state index is -2.61. The van der Waals surface area contributed by atoms with E-state index in [9.17, 15) is 4.79 Å². The van der Waals surface area contributed by atoms with E-state index in [1.54, 1.807) is 12.7 Å². The highest BCUT2D eigenvalue weighted by molar-refractivity contribution is 6.99. The molecule has 6 rings (SSSR count). The number of methoxy groups -OCH3 is 1. The van der Waals surface area contributed by atoms with E-state index in [0.29, 0.717) is 24.9 Å². The zero-order valence-electron chi connectivity index (χ0n) is 33.8. The average Bonchev–Trinajstić information content (AvgIpc) is 3.49. The molecule has 0 heterocycles. The van der Waals surface area contributed by atoms with E-state index in [1.165, 1.54) is 48.9 Å². The molecule has 0 aromatic heterocycles. The van der Waals surface area contributed by atoms with E-state index in [0.717, 1.165) is 30.6 Å². The first-order valence-electron chi connectivity index (χ1n) is 20.6. The first-order chi connectivity index (χ1) is 24.8. The summed E-state index contributed by atoms with van der Waals surface area (Å²) in [6, 6.07) is 22.3. The number of fused-ring (bicyclic) bond motifs is 5. The van der Waals surface area contributed by atoms with Crippen molar-refractivity contribution in [1.82, 2.24) is 0 Å². The predicted molar refractivity (Wildman–Crippen MR) is 214 cm³/mol. The molecule has 2 aromatic carbocycles. The highest BCUT2D eigenvalue weighted by Gasteiger charge is 2.60. The van der Waals surface area contributed by atoms with E-state index in [4.69, 9.17) is 18.6 Å². The van der Waals surface area contributed by atoms with Gasteiger partial charge < -0.3 is 18.6 Å². The minimum Gasteiger partial charge on any atom is -0.466 e. The number of carbonyl (C=O) groups excluding carboxylic acids is 1. The van der Waals surface area contributed by atoms with Crippen LogP contribution in [0.2, 0.25) is 5.04 Å². The van der Waals surface area contributed by atoms with Gasteiger partial charge in [-0.3, -0.25) is 4.79 Å². The van der Waals surface area contributed by atoms with Gasteiger partial charge >= 0.3 is 5.97 Å². The Morgan fingerprint density at radius 2 is 1.56 bits per heavy atom. The van der Waals surface area contributed by atoms with Gasteiger partial charge in [0.15, 0.2) is 0 Å². The van der Waals surface area contributed by atoms with Crippen molar-refractivity contribution in [3.63, 3.8) is 0 Å². The number of allylic oxidation sites excluding steroid dienone is 1. The molecule has 3 fully saturated rings. The van der Waals surface area contributed by atoms with Gasteiger partial charge in [-0.2, -0.15) is 0 Å². The quantitative estimate of drug-likeness (QED) is 0.0890. The molecule has 4 aliphatic rings. The van der Waals surface area contributed by atoms with Gasteiger partial charge in [-0.25, -0.2) is 0 Å². The Bertz CT molecular complexity index is 1480. The maximum atomic E-state index is 12.6. The first-order valence-corrected chi connectivity index (χ1v) is 22.5. The third-order valence-corrected chi connectivity index (χ3v) is 19.9. The molecule has 0 N–H and O–H groups in total. The summed E-state index contributed by atoms with van der Waals surface area (Å²) in [7, 11) is -0.923. The number of hydrogen-bond acceptors (Lipinski definition) is 5. The van der Waals surface area contributed by atoms with Crippen LogP contribution < -0.4 is 10.4 Å². The van der Waals surface area contributed by atoms with Crippen LogP contribution in [-0.2, 0) is 23.4 Å². The number of esters is 1. The van der Waals surface area contributed by atoms with E-state index in [2.05, 4.69) is 108 Å². The summed E-state index contributed by atoms with van der Waals surface area (Å²) < 4.78 is 24.8. The Kier molecular flexibility index (Phi) is 12.0. The zero-order chi connectivity index (χ0) is 37.3. The standard InChI is InChI=1S/C46H68O5Si/c1-10-49-43(47)32(2)29-42(50-31-48-9)33(3)39-23-24-40-38-22-21-34-30-35(25-27-45(34,7)41(38)26-28-46(39,40)8)51-52(44(4,5)6,36-17-13-11-14-18-36)37-19-15-12-16-20-37/h11-21,32-33,35,38-42H,10,22-31H2,1-9H3/t32-,33+,35+,38+,39-,40+,41+,42+,45+,46-/m1/s1. The van der Waals surface area contributed by atoms with Gasteiger partial charge in [-0.15, -0.1) is 0 Å². The fourth-order valence-corrected chi connectivity index (χ4v) is 16.9. The summed E-state index contributed by atoms with van der Waals surface area (Å²) >= 11 is 0. The normalized spacial score (nSPS) is 32.1. The summed E-state index contributed by atoms with van der Waals surface area (Å²) in [6.45, 7) is 19.4. The van der Waals surface area contributed by atoms with Crippen LogP contribution in [0.5, 0.6) is 0 Å². The van der Waals surface area contributed by atoms with Crippen LogP contribution in [0.15, 0.2) is 72.3 Å². The van der Waals surface area contributed by atoms with E-state index < -0.39 is 8.32 Å². The van der Waals surface area contributed by atoms with Crippen molar-refractivity contribution >= 4 is 24.7 Å². The Balaban J connectivity index is 1.21. The van der Waals surface area contributed by atoms with Crippen molar-refractivity contribution in [3.05, 3.63) is 72.3 Å². The molecule has 52 heavy (non-hydrogen) atoms. The molecule has 3 saturated carbocycles. The summed E-state index contributed by atoms with van der Waals surface area (Å²) in [5.74, 6) is 2.80. The highest BCUT2D eigenvalue weighted by atomic mass is 28.4.